The molecule has 4 rings (SSSR count). The van der Waals surface area contributed by atoms with E-state index in [1.54, 1.807) is 19.1 Å². The number of hydrogen-bond donors (Lipinski definition) is 7. The molecule has 206 valence electrons. The number of nitrogens with two attached hydrogens (primary N) is 1. The van der Waals surface area contributed by atoms with Crippen LogP contribution in [0.3, 0.4) is 0 Å². The van der Waals surface area contributed by atoms with Gasteiger partial charge in [0, 0.05) is 23.6 Å². The summed E-state index contributed by atoms with van der Waals surface area (Å²) in [4.78, 5) is 40.6. The largest absolute Gasteiger partial charge is 0.508 e. The number of nitrogens with zero attached hydrogens (tertiary/aromatic N) is 1. The number of hydrogen-bond acceptors (Lipinski definition) is 10. The lowest BCUT2D eigenvalue weighted by Crippen LogP contribution is -2.70. The minimum atomic E-state index is -2.92. The molecule has 0 spiro atoms. The van der Waals surface area contributed by atoms with Crippen molar-refractivity contribution in [2.24, 2.45) is 23.5 Å². The van der Waals surface area contributed by atoms with E-state index in [4.69, 9.17) is 5.73 Å². The van der Waals surface area contributed by atoms with Crippen molar-refractivity contribution in [1.82, 2.24) is 10.2 Å². The number of benzene rings is 1. The van der Waals surface area contributed by atoms with E-state index in [1.165, 1.54) is 19.0 Å². The number of ketones is 2. The highest BCUT2D eigenvalue weighted by molar-refractivity contribution is 6.24. The Balaban J connectivity index is 1.94. The van der Waals surface area contributed by atoms with Gasteiger partial charge in [-0.3, -0.25) is 19.3 Å². The van der Waals surface area contributed by atoms with Gasteiger partial charge in [-0.25, -0.2) is 0 Å². The highest BCUT2D eigenvalue weighted by Crippen LogP contribution is 2.56. The molecule has 11 nitrogen and oxygen atoms in total. The van der Waals surface area contributed by atoms with Gasteiger partial charge >= 0.3 is 0 Å². The number of carbonyl (C=O) groups excluding carboxylic acids is 3. The molecule has 0 aromatic heterocycles. The molecule has 3 aliphatic carbocycles. The summed E-state index contributed by atoms with van der Waals surface area (Å²) in [5, 5.41) is 59.9. The maximum Gasteiger partial charge on any atom is 0.255 e. The fraction of sp³-hybridized carbons (Fsp3) is 0.519. The summed E-state index contributed by atoms with van der Waals surface area (Å²) in [7, 11) is 2.94. The lowest BCUT2D eigenvalue weighted by molar-refractivity contribution is -0.169. The molecule has 11 heteroatoms. The van der Waals surface area contributed by atoms with Gasteiger partial charge in [-0.15, -0.1) is 0 Å². The first-order valence-corrected chi connectivity index (χ1v) is 12.6. The average Bonchev–Trinajstić information content (AvgIpc) is 2.82. The predicted octanol–water partition coefficient (Wildman–Crippen LogP) is 0.241. The monoisotopic (exact) mass is 529 g/mol. The summed E-state index contributed by atoms with van der Waals surface area (Å²) in [6.07, 6.45) is -1.61. The maximum absolute atomic E-state index is 14.0. The molecule has 6 atom stereocenters. The SMILES string of the molecule is CC(C)CNCc1ccc2c(c1O)C(O)=C1C(=O)[C@]3(O)C(O)=C(C(N)=O)C(=O)[C@@H](N(C)C)C3[C@@H](O)C1[C@H]2C. The number of Topliss-reactive ketones (excluding diaryl/α,β-unsaturated/α-hetero) is 2. The molecule has 38 heavy (non-hydrogen) atoms. The fourth-order valence-electron chi connectivity index (χ4n) is 6.30. The van der Waals surface area contributed by atoms with Crippen molar-refractivity contribution >= 4 is 23.2 Å². The Morgan fingerprint density at radius 2 is 1.82 bits per heavy atom. The van der Waals surface area contributed by atoms with Crippen molar-refractivity contribution in [2.75, 3.05) is 20.6 Å². The molecule has 1 amide bonds. The molecule has 0 radical (unpaired) electrons. The van der Waals surface area contributed by atoms with Gasteiger partial charge in [0.25, 0.3) is 5.91 Å². The minimum absolute atomic E-state index is 0.00941. The first-order valence-electron chi connectivity index (χ1n) is 12.6. The number of nitrogens with one attached hydrogen (secondary N) is 1. The van der Waals surface area contributed by atoms with E-state index in [0.29, 0.717) is 30.1 Å². The standard InChI is InChI=1S/C27H35N3O8/c1-10(2)8-29-9-12-6-7-13-11(3)14-16(21(32)15(13)20(12)31)24(35)27(38)18(22(14)33)19(30(4)5)23(34)17(25(27)36)26(28)37/h6-7,10-11,14,18-19,22,29,31-33,36,38H,8-9H2,1-5H3,(H2,28,37)/t11-,14?,18?,19-,22-,27-/m0/s1. The zero-order valence-corrected chi connectivity index (χ0v) is 22.0. The minimum Gasteiger partial charge on any atom is -0.508 e. The van der Waals surface area contributed by atoms with Crippen molar-refractivity contribution in [3.8, 4) is 5.75 Å². The highest BCUT2D eigenvalue weighted by Gasteiger charge is 2.68. The van der Waals surface area contributed by atoms with Crippen molar-refractivity contribution in [3.63, 3.8) is 0 Å². The lowest BCUT2D eigenvalue weighted by Gasteiger charge is -2.53. The van der Waals surface area contributed by atoms with Crippen LogP contribution in [-0.4, -0.2) is 86.3 Å². The Hall–Kier alpha value is -3.25. The molecular formula is C27H35N3O8. The Labute approximate surface area is 220 Å². The van der Waals surface area contributed by atoms with Crippen LogP contribution in [0.2, 0.25) is 0 Å². The number of carbonyl (C=O) groups is 3. The molecule has 1 aromatic rings. The van der Waals surface area contributed by atoms with Gasteiger partial charge in [0.15, 0.2) is 11.4 Å². The molecule has 0 bridgehead atoms. The molecular weight excluding hydrogens is 494 g/mol. The van der Waals surface area contributed by atoms with Gasteiger partial charge in [0.1, 0.15) is 22.8 Å². The van der Waals surface area contributed by atoms with E-state index in [9.17, 15) is 39.9 Å². The second kappa shape index (κ2) is 9.49. The number of phenols is 1. The lowest BCUT2D eigenvalue weighted by atomic mass is 9.54. The Bertz CT molecular complexity index is 1280. The van der Waals surface area contributed by atoms with Crippen LogP contribution in [-0.2, 0) is 20.9 Å². The number of likely N-dealkylation sites (N-methyl/N-ethyl adjacent to an activating group) is 1. The third-order valence-corrected chi connectivity index (χ3v) is 8.08. The molecule has 1 saturated carbocycles. The zero-order valence-electron chi connectivity index (χ0n) is 22.0. The van der Waals surface area contributed by atoms with E-state index in [-0.39, 0.29) is 11.3 Å². The molecule has 0 heterocycles. The summed E-state index contributed by atoms with van der Waals surface area (Å²) in [6.45, 7) is 6.73. The molecule has 2 unspecified atom stereocenters. The highest BCUT2D eigenvalue weighted by atomic mass is 16.4. The Morgan fingerprint density at radius 3 is 2.37 bits per heavy atom. The summed E-state index contributed by atoms with van der Waals surface area (Å²) >= 11 is 0. The molecule has 1 aromatic carbocycles. The van der Waals surface area contributed by atoms with E-state index in [1.807, 2.05) is 13.8 Å². The third-order valence-electron chi connectivity index (χ3n) is 8.08. The summed E-state index contributed by atoms with van der Waals surface area (Å²) in [5.41, 5.74) is 2.00. The van der Waals surface area contributed by atoms with Crippen LogP contribution in [0.1, 0.15) is 43.4 Å². The van der Waals surface area contributed by atoms with Crippen LogP contribution < -0.4 is 11.1 Å². The predicted molar refractivity (Wildman–Crippen MR) is 137 cm³/mol. The maximum atomic E-state index is 14.0. The van der Waals surface area contributed by atoms with Crippen molar-refractivity contribution in [3.05, 3.63) is 45.7 Å². The van der Waals surface area contributed by atoms with E-state index in [0.717, 1.165) is 0 Å². The van der Waals surface area contributed by atoms with Gasteiger partial charge in [-0.1, -0.05) is 32.9 Å². The average molecular weight is 530 g/mol. The van der Waals surface area contributed by atoms with E-state index < -0.39 is 75.6 Å². The zero-order chi connectivity index (χ0) is 28.4. The van der Waals surface area contributed by atoms with Crippen molar-refractivity contribution in [2.45, 2.75) is 51.0 Å². The van der Waals surface area contributed by atoms with E-state index >= 15 is 0 Å². The van der Waals surface area contributed by atoms with Crippen LogP contribution in [0.5, 0.6) is 5.75 Å². The Morgan fingerprint density at radius 1 is 1.18 bits per heavy atom. The van der Waals surface area contributed by atoms with Gasteiger partial charge in [0.2, 0.25) is 5.78 Å². The van der Waals surface area contributed by atoms with Crippen molar-refractivity contribution in [1.29, 1.82) is 0 Å². The molecule has 0 aliphatic heterocycles. The van der Waals surface area contributed by atoms with Crippen LogP contribution in [0, 0.1) is 17.8 Å². The number of aliphatic hydroxyl groups is 4. The second-order valence-corrected chi connectivity index (χ2v) is 11.1. The van der Waals surface area contributed by atoms with Gasteiger partial charge in [-0.2, -0.15) is 0 Å². The number of aliphatic hydroxyl groups excluding tert-OH is 3. The first-order chi connectivity index (χ1) is 17.7. The number of amides is 1. The molecule has 3 aliphatic rings. The number of fused-ring (bicyclic) bond motifs is 3. The van der Waals surface area contributed by atoms with E-state index in [2.05, 4.69) is 5.32 Å². The van der Waals surface area contributed by atoms with Crippen LogP contribution >= 0.6 is 0 Å². The smallest absolute Gasteiger partial charge is 0.255 e. The number of phenolic OH excluding ortho intramolecular Hbond substituents is 1. The normalized spacial score (nSPS) is 31.0. The number of aromatic hydroxyl groups is 1. The summed E-state index contributed by atoms with van der Waals surface area (Å²) in [5.74, 6) is -8.53. The first kappa shape index (κ1) is 27.8. The van der Waals surface area contributed by atoms with Gasteiger partial charge < -0.3 is 36.6 Å². The molecule has 0 saturated heterocycles. The fourth-order valence-corrected chi connectivity index (χ4v) is 6.30. The summed E-state index contributed by atoms with van der Waals surface area (Å²) in [6, 6.07) is 2.02. The topological polar surface area (TPSA) is 194 Å². The van der Waals surface area contributed by atoms with Gasteiger partial charge in [0.05, 0.1) is 23.6 Å². The van der Waals surface area contributed by atoms with Crippen LogP contribution in [0.25, 0.3) is 5.76 Å². The molecule has 1 fully saturated rings. The third kappa shape index (κ3) is 3.76. The van der Waals surface area contributed by atoms with Gasteiger partial charge in [-0.05, 0) is 38.0 Å². The summed E-state index contributed by atoms with van der Waals surface area (Å²) < 4.78 is 0. The quantitative estimate of drug-likeness (QED) is 0.251. The number of primary amides is 1. The van der Waals surface area contributed by atoms with Crippen molar-refractivity contribution < 1.29 is 39.9 Å². The molecule has 8 N–H and O–H groups in total. The van der Waals surface area contributed by atoms with Crippen LogP contribution in [0.15, 0.2) is 29.0 Å². The number of rotatable bonds is 6. The van der Waals surface area contributed by atoms with Crippen LogP contribution in [0.4, 0.5) is 0 Å². The second-order valence-electron chi connectivity index (χ2n) is 11.1. The Kier molecular flexibility index (Phi) is 6.94.